The zero-order valence-corrected chi connectivity index (χ0v) is 17.7. The minimum Gasteiger partial charge on any atom is -0.497 e. The lowest BCUT2D eigenvalue weighted by Gasteiger charge is -2.15. The van der Waals surface area contributed by atoms with Gasteiger partial charge in [0.15, 0.2) is 5.96 Å². The van der Waals surface area contributed by atoms with E-state index in [0.717, 1.165) is 47.7 Å². The predicted molar refractivity (Wildman–Crippen MR) is 112 cm³/mol. The minimum absolute atomic E-state index is 0.0426. The lowest BCUT2D eigenvalue weighted by Crippen LogP contribution is -2.39. The van der Waals surface area contributed by atoms with Crippen LogP contribution < -0.4 is 20.1 Å². The Bertz CT molecular complexity index is 745. The molecule has 0 aliphatic rings. The van der Waals surface area contributed by atoms with Crippen LogP contribution in [0.1, 0.15) is 29.4 Å². The van der Waals surface area contributed by atoms with Gasteiger partial charge in [0.2, 0.25) is 0 Å². The van der Waals surface area contributed by atoms with Crippen LogP contribution in [0.5, 0.6) is 11.5 Å². The van der Waals surface area contributed by atoms with Crippen LogP contribution in [-0.4, -0.2) is 43.8 Å². The summed E-state index contributed by atoms with van der Waals surface area (Å²) in [5.74, 6) is 2.37. The summed E-state index contributed by atoms with van der Waals surface area (Å²) in [6.45, 7) is 10.4. The van der Waals surface area contributed by atoms with E-state index in [1.54, 1.807) is 18.4 Å². The van der Waals surface area contributed by atoms with Gasteiger partial charge in [-0.15, -0.1) is 11.3 Å². The monoisotopic (exact) mass is 390 g/mol. The van der Waals surface area contributed by atoms with E-state index < -0.39 is 0 Å². The number of methoxy groups -OCH3 is 1. The van der Waals surface area contributed by atoms with Gasteiger partial charge in [-0.2, -0.15) is 0 Å². The van der Waals surface area contributed by atoms with Gasteiger partial charge in [0.25, 0.3) is 0 Å². The number of aryl methyl sites for hydroxylation is 2. The molecule has 0 fully saturated rings. The molecule has 27 heavy (non-hydrogen) atoms. The topological polar surface area (TPSA) is 67.8 Å². The molecule has 0 amide bonds. The second-order valence-corrected chi connectivity index (χ2v) is 7.53. The fraction of sp³-hybridized carbons (Fsp3) is 0.500. The molecule has 0 saturated carbocycles. The van der Waals surface area contributed by atoms with E-state index in [1.807, 2.05) is 38.1 Å². The molecule has 1 aromatic heterocycles. The average Bonchev–Trinajstić information content (AvgIpc) is 2.97. The van der Waals surface area contributed by atoms with Crippen LogP contribution >= 0.6 is 11.3 Å². The Labute approximate surface area is 166 Å². The molecule has 2 N–H and O–H groups in total. The zero-order valence-electron chi connectivity index (χ0n) is 16.8. The van der Waals surface area contributed by atoms with Crippen molar-refractivity contribution >= 4 is 17.3 Å². The largest absolute Gasteiger partial charge is 0.497 e. The highest BCUT2D eigenvalue weighted by Gasteiger charge is 2.07. The summed E-state index contributed by atoms with van der Waals surface area (Å²) in [7, 11) is 1.65. The second kappa shape index (κ2) is 10.8. The number of benzene rings is 1. The maximum Gasteiger partial charge on any atom is 0.191 e. The summed E-state index contributed by atoms with van der Waals surface area (Å²) < 4.78 is 11.2. The summed E-state index contributed by atoms with van der Waals surface area (Å²) in [5.41, 5.74) is 1.13. The third-order valence-corrected chi connectivity index (χ3v) is 5.01. The van der Waals surface area contributed by atoms with Crippen LogP contribution in [0.2, 0.25) is 0 Å². The lowest BCUT2D eigenvalue weighted by atomic mass is 10.3. The first-order valence-corrected chi connectivity index (χ1v) is 10.1. The predicted octanol–water partition coefficient (Wildman–Crippen LogP) is 3.33. The van der Waals surface area contributed by atoms with Gasteiger partial charge in [0.05, 0.1) is 24.4 Å². The molecule has 0 aliphatic carbocycles. The second-order valence-electron chi connectivity index (χ2n) is 6.25. The molecule has 2 rings (SSSR count). The number of aliphatic imine (C=N–C) groups is 1. The van der Waals surface area contributed by atoms with Gasteiger partial charge in [-0.25, -0.2) is 9.98 Å². The van der Waals surface area contributed by atoms with Crippen LogP contribution in [-0.2, 0) is 6.42 Å². The first-order chi connectivity index (χ1) is 13.0. The van der Waals surface area contributed by atoms with Gasteiger partial charge < -0.3 is 20.1 Å². The number of rotatable bonds is 9. The van der Waals surface area contributed by atoms with Crippen LogP contribution in [0.3, 0.4) is 0 Å². The van der Waals surface area contributed by atoms with Crippen molar-refractivity contribution in [3.05, 3.63) is 39.8 Å². The van der Waals surface area contributed by atoms with Crippen molar-refractivity contribution < 1.29 is 9.47 Å². The van der Waals surface area contributed by atoms with Gasteiger partial charge in [0.1, 0.15) is 17.6 Å². The first-order valence-electron chi connectivity index (χ1n) is 9.27. The normalized spacial score (nSPS) is 12.6. The lowest BCUT2D eigenvalue weighted by molar-refractivity contribution is 0.229. The van der Waals surface area contributed by atoms with Crippen molar-refractivity contribution in [2.24, 2.45) is 4.99 Å². The van der Waals surface area contributed by atoms with Gasteiger partial charge >= 0.3 is 0 Å². The molecule has 0 saturated heterocycles. The molecule has 1 aromatic carbocycles. The van der Waals surface area contributed by atoms with Gasteiger partial charge in [-0.3, -0.25) is 0 Å². The summed E-state index contributed by atoms with van der Waals surface area (Å²) in [5, 5.41) is 7.78. The Morgan fingerprint density at radius 2 is 2.04 bits per heavy atom. The third-order valence-electron chi connectivity index (χ3n) is 3.87. The average molecular weight is 391 g/mol. The molecule has 1 atom stereocenters. The molecule has 148 valence electrons. The summed E-state index contributed by atoms with van der Waals surface area (Å²) in [6, 6.07) is 7.61. The van der Waals surface area contributed by atoms with E-state index in [9.17, 15) is 0 Å². The molecule has 1 unspecified atom stereocenters. The van der Waals surface area contributed by atoms with Gasteiger partial charge in [-0.05, 0) is 39.8 Å². The number of ether oxygens (including phenoxy) is 2. The Kier molecular flexibility index (Phi) is 8.39. The molecule has 1 heterocycles. The Morgan fingerprint density at radius 3 is 2.70 bits per heavy atom. The van der Waals surface area contributed by atoms with E-state index >= 15 is 0 Å². The number of hydrogen-bond donors (Lipinski definition) is 2. The summed E-state index contributed by atoms with van der Waals surface area (Å²) in [6.07, 6.45) is 0.899. The summed E-state index contributed by atoms with van der Waals surface area (Å²) >= 11 is 1.76. The van der Waals surface area contributed by atoms with Crippen molar-refractivity contribution in [3.8, 4) is 11.5 Å². The maximum atomic E-state index is 5.93. The smallest absolute Gasteiger partial charge is 0.191 e. The Hall–Kier alpha value is -2.28. The zero-order chi connectivity index (χ0) is 19.6. The van der Waals surface area contributed by atoms with Gasteiger partial charge in [0, 0.05) is 30.5 Å². The fourth-order valence-corrected chi connectivity index (χ4v) is 3.54. The van der Waals surface area contributed by atoms with E-state index in [4.69, 9.17) is 9.47 Å². The highest BCUT2D eigenvalue weighted by atomic mass is 32.1. The molecule has 2 aromatic rings. The molecule has 0 radical (unpaired) electrons. The number of nitrogens with one attached hydrogen (secondary N) is 2. The van der Waals surface area contributed by atoms with Crippen LogP contribution in [0, 0.1) is 13.8 Å². The molecule has 0 spiro atoms. The van der Waals surface area contributed by atoms with E-state index in [0.29, 0.717) is 6.54 Å². The molecular formula is C20H30N4O2S. The van der Waals surface area contributed by atoms with Crippen molar-refractivity contribution in [2.45, 2.75) is 40.2 Å². The van der Waals surface area contributed by atoms with Crippen molar-refractivity contribution in [3.63, 3.8) is 0 Å². The Morgan fingerprint density at radius 1 is 1.26 bits per heavy atom. The standard InChI is InChI=1S/C20H30N4O2S/c1-6-21-20(22-11-10-19-15(3)24-16(4)27-19)23-13-14(2)26-18-9-7-8-17(12-18)25-5/h7-9,12,14H,6,10-11,13H2,1-5H3,(H2,21,22,23). The minimum atomic E-state index is -0.0426. The Balaban J connectivity index is 1.84. The van der Waals surface area contributed by atoms with Crippen LogP contribution in [0.25, 0.3) is 0 Å². The fourth-order valence-electron chi connectivity index (χ4n) is 2.61. The van der Waals surface area contributed by atoms with E-state index in [2.05, 4.69) is 34.5 Å². The van der Waals surface area contributed by atoms with E-state index in [-0.39, 0.29) is 6.10 Å². The third kappa shape index (κ3) is 7.09. The van der Waals surface area contributed by atoms with Crippen molar-refractivity contribution in [1.82, 2.24) is 15.6 Å². The van der Waals surface area contributed by atoms with Crippen LogP contribution in [0.15, 0.2) is 29.3 Å². The van der Waals surface area contributed by atoms with Crippen LogP contribution in [0.4, 0.5) is 0 Å². The van der Waals surface area contributed by atoms with Crippen molar-refractivity contribution in [2.75, 3.05) is 26.7 Å². The molecule has 0 bridgehead atoms. The SMILES string of the molecule is CCNC(=NCC(C)Oc1cccc(OC)c1)NCCc1sc(C)nc1C. The summed E-state index contributed by atoms with van der Waals surface area (Å²) in [4.78, 5) is 10.4. The molecule has 6 nitrogen and oxygen atoms in total. The molecular weight excluding hydrogens is 360 g/mol. The van der Waals surface area contributed by atoms with E-state index in [1.165, 1.54) is 4.88 Å². The van der Waals surface area contributed by atoms with Crippen molar-refractivity contribution in [1.29, 1.82) is 0 Å². The number of thiazole rings is 1. The highest BCUT2D eigenvalue weighted by molar-refractivity contribution is 7.11. The maximum absolute atomic E-state index is 5.93. The molecule has 0 aliphatic heterocycles. The number of nitrogens with zero attached hydrogens (tertiary/aromatic N) is 2. The highest BCUT2D eigenvalue weighted by Crippen LogP contribution is 2.20. The quantitative estimate of drug-likeness (QED) is 0.508. The number of guanidine groups is 1. The first kappa shape index (κ1) is 21.0. The molecule has 7 heteroatoms. The number of hydrogen-bond acceptors (Lipinski definition) is 5. The van der Waals surface area contributed by atoms with Gasteiger partial charge in [-0.1, -0.05) is 6.07 Å². The number of aromatic nitrogens is 1.